The molecule has 1 amide bonds. The van der Waals surface area contributed by atoms with Gasteiger partial charge in [-0.3, -0.25) is 4.79 Å². The Hall–Kier alpha value is -2.22. The van der Waals surface area contributed by atoms with Crippen molar-refractivity contribution in [1.29, 1.82) is 0 Å². The number of amides is 1. The van der Waals surface area contributed by atoms with Gasteiger partial charge in [-0.15, -0.1) is 0 Å². The van der Waals surface area contributed by atoms with Crippen molar-refractivity contribution in [3.05, 3.63) is 59.7 Å². The van der Waals surface area contributed by atoms with Crippen molar-refractivity contribution in [2.24, 2.45) is 0 Å². The quantitative estimate of drug-likeness (QED) is 0.873. The van der Waals surface area contributed by atoms with Crippen LogP contribution in [0.2, 0.25) is 0 Å². The van der Waals surface area contributed by atoms with Gasteiger partial charge in [0.1, 0.15) is 0 Å². The number of aryl methyl sites for hydroxylation is 1. The number of nitrogens with one attached hydrogen (secondary N) is 1. The highest BCUT2D eigenvalue weighted by Gasteiger charge is 2.32. The zero-order chi connectivity index (χ0) is 19.6. The molecule has 1 saturated heterocycles. The molecule has 0 saturated carbocycles. The molecule has 0 radical (unpaired) electrons. The van der Waals surface area contributed by atoms with Crippen molar-refractivity contribution in [2.45, 2.75) is 37.9 Å². The van der Waals surface area contributed by atoms with E-state index in [-0.39, 0.29) is 23.0 Å². The van der Waals surface area contributed by atoms with Crippen LogP contribution in [0.5, 0.6) is 0 Å². The first-order chi connectivity index (χ1) is 12.8. The minimum atomic E-state index is -3.61. The maximum Gasteiger partial charge on any atom is 0.255 e. The first-order valence-electron chi connectivity index (χ1n) is 8.89. The van der Waals surface area contributed by atoms with Crippen LogP contribution in [0.1, 0.15) is 29.8 Å². The second kappa shape index (κ2) is 7.80. The van der Waals surface area contributed by atoms with Crippen LogP contribution in [0.25, 0.3) is 0 Å². The van der Waals surface area contributed by atoms with Gasteiger partial charge in [0, 0.05) is 24.3 Å². The van der Waals surface area contributed by atoms with Gasteiger partial charge in [-0.25, -0.2) is 8.42 Å². The van der Waals surface area contributed by atoms with Gasteiger partial charge in [0.2, 0.25) is 10.0 Å². The molecule has 0 spiro atoms. The number of rotatable bonds is 4. The van der Waals surface area contributed by atoms with E-state index in [4.69, 9.17) is 4.74 Å². The van der Waals surface area contributed by atoms with E-state index in [9.17, 15) is 13.2 Å². The lowest BCUT2D eigenvalue weighted by atomic mass is 10.2. The fourth-order valence-electron chi connectivity index (χ4n) is 3.18. The Kier molecular flexibility index (Phi) is 5.64. The normalized spacial score (nSPS) is 21.0. The van der Waals surface area contributed by atoms with Crippen LogP contribution in [0.3, 0.4) is 0 Å². The Bertz CT molecular complexity index is 915. The Morgan fingerprint density at radius 3 is 2.30 bits per heavy atom. The highest BCUT2D eigenvalue weighted by Crippen LogP contribution is 2.22. The third kappa shape index (κ3) is 4.55. The van der Waals surface area contributed by atoms with Gasteiger partial charge in [-0.2, -0.15) is 4.31 Å². The number of hydrogen-bond acceptors (Lipinski definition) is 4. The summed E-state index contributed by atoms with van der Waals surface area (Å²) in [4.78, 5) is 12.6. The van der Waals surface area contributed by atoms with Gasteiger partial charge in [-0.1, -0.05) is 12.1 Å². The molecule has 27 heavy (non-hydrogen) atoms. The fourth-order valence-corrected chi connectivity index (χ4v) is 4.77. The molecule has 0 unspecified atom stereocenters. The van der Waals surface area contributed by atoms with Gasteiger partial charge < -0.3 is 10.1 Å². The van der Waals surface area contributed by atoms with E-state index in [2.05, 4.69) is 5.32 Å². The van der Waals surface area contributed by atoms with Crippen molar-refractivity contribution in [3.63, 3.8) is 0 Å². The second-order valence-electron chi connectivity index (χ2n) is 6.93. The molecule has 1 heterocycles. The van der Waals surface area contributed by atoms with Crippen LogP contribution < -0.4 is 5.32 Å². The van der Waals surface area contributed by atoms with Crippen molar-refractivity contribution < 1.29 is 17.9 Å². The Balaban J connectivity index is 1.75. The maximum atomic E-state index is 12.9. The molecule has 7 heteroatoms. The largest absolute Gasteiger partial charge is 0.373 e. The van der Waals surface area contributed by atoms with Crippen molar-refractivity contribution in [3.8, 4) is 0 Å². The predicted molar refractivity (Wildman–Crippen MR) is 104 cm³/mol. The molecule has 144 valence electrons. The minimum absolute atomic E-state index is 0.150. The van der Waals surface area contributed by atoms with E-state index in [1.165, 1.54) is 28.6 Å². The smallest absolute Gasteiger partial charge is 0.255 e. The summed E-state index contributed by atoms with van der Waals surface area (Å²) < 4.78 is 32.8. The highest BCUT2D eigenvalue weighted by molar-refractivity contribution is 7.89. The molecule has 1 N–H and O–H groups in total. The molecule has 1 aliphatic heterocycles. The standard InChI is InChI=1S/C20H24N2O4S/c1-14-5-4-6-18(11-14)21-20(23)17-7-9-19(10-8-17)27(24,25)22-12-15(2)26-16(3)13-22/h4-11,15-16H,12-13H2,1-3H3,(H,21,23)/t15-,16-/m0/s1. The Morgan fingerprint density at radius 1 is 1.07 bits per heavy atom. The summed E-state index contributed by atoms with van der Waals surface area (Å²) >= 11 is 0. The molecule has 0 aromatic heterocycles. The first-order valence-corrected chi connectivity index (χ1v) is 10.3. The zero-order valence-corrected chi connectivity index (χ0v) is 16.5. The number of anilines is 1. The second-order valence-corrected chi connectivity index (χ2v) is 8.87. The third-order valence-electron chi connectivity index (χ3n) is 4.42. The first kappa shape index (κ1) is 19.5. The fraction of sp³-hybridized carbons (Fsp3) is 0.350. The average molecular weight is 388 g/mol. The number of nitrogens with zero attached hydrogens (tertiary/aromatic N) is 1. The monoisotopic (exact) mass is 388 g/mol. The lowest BCUT2D eigenvalue weighted by Crippen LogP contribution is -2.48. The number of ether oxygens (including phenoxy) is 1. The molecule has 2 aromatic rings. The van der Waals surface area contributed by atoms with Crippen molar-refractivity contribution in [1.82, 2.24) is 4.31 Å². The molecule has 0 bridgehead atoms. The summed E-state index contributed by atoms with van der Waals surface area (Å²) in [7, 11) is -3.61. The van der Waals surface area contributed by atoms with Gasteiger partial charge in [0.05, 0.1) is 17.1 Å². The van der Waals surface area contributed by atoms with E-state index < -0.39 is 10.0 Å². The molecule has 1 fully saturated rings. The number of benzene rings is 2. The molecule has 6 nitrogen and oxygen atoms in total. The summed E-state index contributed by atoms with van der Waals surface area (Å²) in [5, 5.41) is 2.82. The third-order valence-corrected chi connectivity index (χ3v) is 6.26. The lowest BCUT2D eigenvalue weighted by molar-refractivity contribution is -0.0440. The molecule has 2 atom stereocenters. The Labute approximate surface area is 160 Å². The number of carbonyl (C=O) groups is 1. The topological polar surface area (TPSA) is 75.7 Å². The summed E-state index contributed by atoms with van der Waals surface area (Å²) in [5.74, 6) is -0.279. The van der Waals surface area contributed by atoms with E-state index in [0.29, 0.717) is 24.3 Å². The summed E-state index contributed by atoms with van der Waals surface area (Å²) in [6, 6.07) is 13.5. The zero-order valence-electron chi connectivity index (χ0n) is 15.7. The summed E-state index contributed by atoms with van der Waals surface area (Å²) in [6.07, 6.45) is -0.300. The van der Waals surface area contributed by atoms with Crippen LogP contribution in [0, 0.1) is 6.92 Å². The predicted octanol–water partition coefficient (Wildman–Crippen LogP) is 3.05. The van der Waals surface area contributed by atoms with Crippen LogP contribution in [-0.2, 0) is 14.8 Å². The van der Waals surface area contributed by atoms with E-state index in [1.807, 2.05) is 45.0 Å². The van der Waals surface area contributed by atoms with Crippen molar-refractivity contribution in [2.75, 3.05) is 18.4 Å². The van der Waals surface area contributed by atoms with Gasteiger partial charge in [-0.05, 0) is 62.7 Å². The summed E-state index contributed by atoms with van der Waals surface area (Å²) in [6.45, 7) is 6.31. The molecule has 1 aliphatic rings. The van der Waals surface area contributed by atoms with Gasteiger partial charge in [0.15, 0.2) is 0 Å². The SMILES string of the molecule is Cc1cccc(NC(=O)c2ccc(S(=O)(=O)N3C[C@H](C)O[C@@H](C)C3)cc2)c1. The number of sulfonamides is 1. The van der Waals surface area contributed by atoms with Crippen molar-refractivity contribution >= 4 is 21.6 Å². The van der Waals surface area contributed by atoms with Gasteiger partial charge in [0.25, 0.3) is 5.91 Å². The molecule has 0 aliphatic carbocycles. The summed E-state index contributed by atoms with van der Waals surface area (Å²) in [5.41, 5.74) is 2.15. The van der Waals surface area contributed by atoms with E-state index >= 15 is 0 Å². The number of carbonyl (C=O) groups excluding carboxylic acids is 1. The molecular weight excluding hydrogens is 364 g/mol. The van der Waals surface area contributed by atoms with E-state index in [1.54, 1.807) is 0 Å². The highest BCUT2D eigenvalue weighted by atomic mass is 32.2. The minimum Gasteiger partial charge on any atom is -0.373 e. The maximum absolute atomic E-state index is 12.9. The van der Waals surface area contributed by atoms with Crippen LogP contribution in [0.15, 0.2) is 53.4 Å². The molecular formula is C20H24N2O4S. The van der Waals surface area contributed by atoms with E-state index in [0.717, 1.165) is 5.56 Å². The lowest BCUT2D eigenvalue weighted by Gasteiger charge is -2.34. The van der Waals surface area contributed by atoms with Crippen LogP contribution >= 0.6 is 0 Å². The average Bonchev–Trinajstić information content (AvgIpc) is 2.61. The van der Waals surface area contributed by atoms with Crippen LogP contribution in [0.4, 0.5) is 5.69 Å². The van der Waals surface area contributed by atoms with Crippen LogP contribution in [-0.4, -0.2) is 43.9 Å². The Morgan fingerprint density at radius 2 is 1.70 bits per heavy atom. The van der Waals surface area contributed by atoms with Gasteiger partial charge >= 0.3 is 0 Å². The number of morpholine rings is 1. The molecule has 3 rings (SSSR count). The molecule has 2 aromatic carbocycles. The number of hydrogen-bond donors (Lipinski definition) is 1.